The van der Waals surface area contributed by atoms with Gasteiger partial charge in [0, 0.05) is 27.2 Å². The summed E-state index contributed by atoms with van der Waals surface area (Å²) in [6.07, 6.45) is 0. The molecule has 0 N–H and O–H groups in total. The van der Waals surface area contributed by atoms with Gasteiger partial charge < -0.3 is 8.98 Å². The van der Waals surface area contributed by atoms with E-state index in [2.05, 4.69) is 132 Å². The van der Waals surface area contributed by atoms with Gasteiger partial charge in [0.05, 0.1) is 11.0 Å². The van der Waals surface area contributed by atoms with Gasteiger partial charge in [-0.15, -0.1) is 0 Å². The van der Waals surface area contributed by atoms with Crippen molar-refractivity contribution in [2.75, 3.05) is 0 Å². The van der Waals surface area contributed by atoms with Crippen LogP contribution in [0.4, 0.5) is 0 Å². The van der Waals surface area contributed by atoms with Gasteiger partial charge in [-0.05, 0) is 75.1 Å². The normalized spacial score (nSPS) is 12.0. The van der Waals surface area contributed by atoms with E-state index in [1.54, 1.807) is 0 Å². The maximum absolute atomic E-state index is 6.16. The zero-order valence-corrected chi connectivity index (χ0v) is 21.6. The highest BCUT2D eigenvalue weighted by Gasteiger charge is 2.17. The molecule has 0 spiro atoms. The summed E-state index contributed by atoms with van der Waals surface area (Å²) >= 11 is 0. The SMILES string of the molecule is c1ccc2cc3c(cc2c1)c1c2ccccc2ccc1n3-c1ccc(-c2cccc3oc4ccccc4c23)cc1. The molecule has 0 fully saturated rings. The Morgan fingerprint density at radius 1 is 0.425 bits per heavy atom. The highest BCUT2D eigenvalue weighted by Crippen LogP contribution is 2.40. The Kier molecular flexibility index (Phi) is 4.36. The van der Waals surface area contributed by atoms with E-state index in [-0.39, 0.29) is 0 Å². The van der Waals surface area contributed by atoms with Gasteiger partial charge in [-0.25, -0.2) is 0 Å². The molecular weight excluding hydrogens is 486 g/mol. The largest absolute Gasteiger partial charge is 0.456 e. The molecule has 0 aliphatic heterocycles. The highest BCUT2D eigenvalue weighted by atomic mass is 16.3. The summed E-state index contributed by atoms with van der Waals surface area (Å²) in [5.41, 5.74) is 7.81. The molecule has 2 nitrogen and oxygen atoms in total. The van der Waals surface area contributed by atoms with Crippen LogP contribution >= 0.6 is 0 Å². The molecule has 0 saturated carbocycles. The second-order valence-corrected chi connectivity index (χ2v) is 10.6. The fraction of sp³-hybridized carbons (Fsp3) is 0. The molecule has 186 valence electrons. The molecule has 0 atom stereocenters. The van der Waals surface area contributed by atoms with Crippen LogP contribution in [0.25, 0.3) is 82.1 Å². The first-order chi connectivity index (χ1) is 19.8. The third-order valence-electron chi connectivity index (χ3n) is 8.36. The Bertz CT molecular complexity index is 2420. The standard InChI is InChI=1S/C38H23NO/c1-2-10-27-23-34-32(22-26(27)9-1)37-29-11-4-3-8-24(29)18-21-33(37)39(34)28-19-16-25(17-20-28)30-13-7-15-36-38(30)31-12-5-6-14-35(31)40-36/h1-23H. The molecule has 9 rings (SSSR count). The van der Waals surface area contributed by atoms with E-state index >= 15 is 0 Å². The maximum atomic E-state index is 6.16. The van der Waals surface area contributed by atoms with Crippen molar-refractivity contribution in [1.29, 1.82) is 0 Å². The van der Waals surface area contributed by atoms with Gasteiger partial charge >= 0.3 is 0 Å². The molecule has 0 amide bonds. The van der Waals surface area contributed by atoms with Crippen LogP contribution in [0.15, 0.2) is 144 Å². The Balaban J connectivity index is 1.31. The number of para-hydroxylation sites is 1. The van der Waals surface area contributed by atoms with E-state index in [4.69, 9.17) is 4.42 Å². The molecular formula is C38H23NO. The Morgan fingerprint density at radius 3 is 1.98 bits per heavy atom. The van der Waals surface area contributed by atoms with E-state index in [0.717, 1.165) is 22.2 Å². The summed E-state index contributed by atoms with van der Waals surface area (Å²) in [5.74, 6) is 0. The van der Waals surface area contributed by atoms with Crippen LogP contribution in [0.2, 0.25) is 0 Å². The lowest BCUT2D eigenvalue weighted by atomic mass is 9.99. The van der Waals surface area contributed by atoms with Crippen LogP contribution < -0.4 is 0 Å². The van der Waals surface area contributed by atoms with Gasteiger partial charge in [0.1, 0.15) is 11.2 Å². The van der Waals surface area contributed by atoms with Crippen molar-refractivity contribution in [2.24, 2.45) is 0 Å². The first kappa shape index (κ1) is 21.6. The maximum Gasteiger partial charge on any atom is 0.136 e. The van der Waals surface area contributed by atoms with E-state index < -0.39 is 0 Å². The van der Waals surface area contributed by atoms with Crippen molar-refractivity contribution in [3.63, 3.8) is 0 Å². The molecule has 0 bridgehead atoms. The Labute approximate surface area is 230 Å². The fourth-order valence-electron chi connectivity index (χ4n) is 6.56. The summed E-state index contributed by atoms with van der Waals surface area (Å²) in [6, 6.07) is 50.2. The minimum absolute atomic E-state index is 0.920. The van der Waals surface area contributed by atoms with Gasteiger partial charge in [0.2, 0.25) is 0 Å². The molecule has 2 aromatic heterocycles. The third kappa shape index (κ3) is 2.99. The first-order valence-corrected chi connectivity index (χ1v) is 13.7. The number of furan rings is 1. The van der Waals surface area contributed by atoms with E-state index in [1.807, 2.05) is 12.1 Å². The minimum Gasteiger partial charge on any atom is -0.456 e. The number of rotatable bonds is 2. The average molecular weight is 510 g/mol. The second-order valence-electron chi connectivity index (χ2n) is 10.6. The molecule has 40 heavy (non-hydrogen) atoms. The molecule has 0 radical (unpaired) electrons. The van der Waals surface area contributed by atoms with Gasteiger partial charge in [0.15, 0.2) is 0 Å². The van der Waals surface area contributed by atoms with Crippen LogP contribution in [0.1, 0.15) is 0 Å². The predicted molar refractivity (Wildman–Crippen MR) is 169 cm³/mol. The lowest BCUT2D eigenvalue weighted by molar-refractivity contribution is 0.669. The number of hydrogen-bond donors (Lipinski definition) is 0. The van der Waals surface area contributed by atoms with Gasteiger partial charge in [0.25, 0.3) is 0 Å². The lowest BCUT2D eigenvalue weighted by Crippen LogP contribution is -1.94. The van der Waals surface area contributed by atoms with E-state index in [0.29, 0.717) is 0 Å². The lowest BCUT2D eigenvalue weighted by Gasteiger charge is -2.11. The fourth-order valence-corrected chi connectivity index (χ4v) is 6.56. The predicted octanol–water partition coefficient (Wildman–Crippen LogP) is 10.7. The van der Waals surface area contributed by atoms with Gasteiger partial charge in [-0.2, -0.15) is 0 Å². The van der Waals surface area contributed by atoms with Crippen molar-refractivity contribution >= 4 is 65.3 Å². The summed E-state index contributed by atoms with van der Waals surface area (Å²) in [4.78, 5) is 0. The molecule has 7 aromatic carbocycles. The number of benzene rings is 7. The highest BCUT2D eigenvalue weighted by molar-refractivity contribution is 6.23. The van der Waals surface area contributed by atoms with Gasteiger partial charge in [-0.1, -0.05) is 97.1 Å². The topological polar surface area (TPSA) is 18.1 Å². The molecule has 0 aliphatic carbocycles. The van der Waals surface area contributed by atoms with E-state index in [1.165, 1.54) is 59.9 Å². The monoisotopic (exact) mass is 509 g/mol. The van der Waals surface area contributed by atoms with Crippen molar-refractivity contribution in [3.8, 4) is 16.8 Å². The van der Waals surface area contributed by atoms with Crippen molar-refractivity contribution in [1.82, 2.24) is 4.57 Å². The minimum atomic E-state index is 0.920. The molecule has 2 heteroatoms. The molecule has 0 unspecified atom stereocenters. The first-order valence-electron chi connectivity index (χ1n) is 13.7. The Hall–Kier alpha value is -5.34. The zero-order valence-electron chi connectivity index (χ0n) is 21.6. The van der Waals surface area contributed by atoms with Crippen LogP contribution in [-0.4, -0.2) is 4.57 Å². The van der Waals surface area contributed by atoms with Crippen LogP contribution in [0, 0.1) is 0 Å². The van der Waals surface area contributed by atoms with Crippen molar-refractivity contribution in [2.45, 2.75) is 0 Å². The summed E-state index contributed by atoms with van der Waals surface area (Å²) in [5, 5.41) is 9.96. The molecule has 9 aromatic rings. The van der Waals surface area contributed by atoms with Crippen molar-refractivity contribution in [3.05, 3.63) is 140 Å². The van der Waals surface area contributed by atoms with E-state index in [9.17, 15) is 0 Å². The van der Waals surface area contributed by atoms with Crippen LogP contribution in [0.5, 0.6) is 0 Å². The third-order valence-corrected chi connectivity index (χ3v) is 8.36. The number of aromatic nitrogens is 1. The summed E-state index contributed by atoms with van der Waals surface area (Å²) in [6.45, 7) is 0. The Morgan fingerprint density at radius 2 is 1.12 bits per heavy atom. The van der Waals surface area contributed by atoms with Crippen LogP contribution in [-0.2, 0) is 0 Å². The zero-order chi connectivity index (χ0) is 26.2. The van der Waals surface area contributed by atoms with Gasteiger partial charge in [-0.3, -0.25) is 0 Å². The average Bonchev–Trinajstić information content (AvgIpc) is 3.55. The molecule has 0 saturated heterocycles. The quantitative estimate of drug-likeness (QED) is 0.227. The molecule has 2 heterocycles. The summed E-state index contributed by atoms with van der Waals surface area (Å²) in [7, 11) is 0. The smallest absolute Gasteiger partial charge is 0.136 e. The summed E-state index contributed by atoms with van der Waals surface area (Å²) < 4.78 is 8.58. The number of hydrogen-bond acceptors (Lipinski definition) is 1. The number of nitrogens with zero attached hydrogens (tertiary/aromatic N) is 1. The molecule has 0 aliphatic rings. The van der Waals surface area contributed by atoms with Crippen LogP contribution in [0.3, 0.4) is 0 Å². The second kappa shape index (κ2) is 8.08. The van der Waals surface area contributed by atoms with Crippen molar-refractivity contribution < 1.29 is 4.42 Å². The number of fused-ring (bicyclic) bond motifs is 9.